The van der Waals surface area contributed by atoms with Gasteiger partial charge in [-0.15, -0.1) is 0 Å². The lowest BCUT2D eigenvalue weighted by atomic mass is 9.72. The fraction of sp³-hybridized carbons (Fsp3) is 0.846. The van der Waals surface area contributed by atoms with Crippen molar-refractivity contribution in [1.29, 1.82) is 0 Å². The first kappa shape index (κ1) is 10.1. The molecule has 3 atom stereocenters. The van der Waals surface area contributed by atoms with Crippen LogP contribution in [0, 0.1) is 17.3 Å². The Labute approximate surface area is 87.2 Å². The monoisotopic (exact) mass is 194 g/mol. The molecule has 0 saturated heterocycles. The molecule has 0 bridgehead atoms. The summed E-state index contributed by atoms with van der Waals surface area (Å²) in [5.41, 5.74) is 1.35. The molecule has 0 radical (unpaired) electrons. The summed E-state index contributed by atoms with van der Waals surface area (Å²) in [4.78, 5) is 0. The van der Waals surface area contributed by atoms with Crippen LogP contribution in [0.3, 0.4) is 0 Å². The number of fused-ring (bicyclic) bond motifs is 1. The summed E-state index contributed by atoms with van der Waals surface area (Å²) in [5.74, 6) is 2.23. The molecule has 2 unspecified atom stereocenters. The standard InChI is InChI=1S/C13H22O/c1-9-6-7-10(2)12(14)13(3)8-4-5-11(9)13/h9,11,14H,4-8H2,1-3H3/t9?,11?,13-/m1/s1. The summed E-state index contributed by atoms with van der Waals surface area (Å²) in [5, 5.41) is 10.3. The highest BCUT2D eigenvalue weighted by Crippen LogP contribution is 2.54. The molecule has 0 heterocycles. The second kappa shape index (κ2) is 3.29. The number of aliphatic hydroxyl groups is 1. The maximum atomic E-state index is 10.3. The van der Waals surface area contributed by atoms with Crippen molar-refractivity contribution < 1.29 is 5.11 Å². The Morgan fingerprint density at radius 2 is 2.07 bits per heavy atom. The zero-order valence-electron chi connectivity index (χ0n) is 9.64. The number of hydrogen-bond donors (Lipinski definition) is 1. The van der Waals surface area contributed by atoms with Crippen molar-refractivity contribution in [2.24, 2.45) is 17.3 Å². The van der Waals surface area contributed by atoms with Gasteiger partial charge in [-0.25, -0.2) is 0 Å². The number of rotatable bonds is 0. The van der Waals surface area contributed by atoms with Gasteiger partial charge >= 0.3 is 0 Å². The maximum Gasteiger partial charge on any atom is 0.0973 e. The second-order valence-electron chi connectivity index (χ2n) is 5.56. The molecule has 1 heteroatoms. The Bertz CT molecular complexity index is 266. The van der Waals surface area contributed by atoms with Gasteiger partial charge in [-0.2, -0.15) is 0 Å². The van der Waals surface area contributed by atoms with Crippen molar-refractivity contribution in [2.75, 3.05) is 0 Å². The van der Waals surface area contributed by atoms with Crippen LogP contribution in [-0.2, 0) is 0 Å². The van der Waals surface area contributed by atoms with Crippen LogP contribution in [0.5, 0.6) is 0 Å². The van der Waals surface area contributed by atoms with E-state index in [-0.39, 0.29) is 5.41 Å². The molecular formula is C13H22O. The van der Waals surface area contributed by atoms with Gasteiger partial charge in [-0.3, -0.25) is 0 Å². The minimum Gasteiger partial charge on any atom is -0.512 e. The summed E-state index contributed by atoms with van der Waals surface area (Å²) < 4.78 is 0. The molecule has 1 saturated carbocycles. The van der Waals surface area contributed by atoms with E-state index < -0.39 is 0 Å². The highest BCUT2D eigenvalue weighted by atomic mass is 16.3. The summed E-state index contributed by atoms with van der Waals surface area (Å²) in [6, 6.07) is 0. The van der Waals surface area contributed by atoms with Crippen LogP contribution in [-0.4, -0.2) is 5.11 Å². The minimum atomic E-state index is 0.111. The molecule has 1 N–H and O–H groups in total. The van der Waals surface area contributed by atoms with E-state index >= 15 is 0 Å². The molecule has 2 aliphatic rings. The fourth-order valence-corrected chi connectivity index (χ4v) is 3.65. The average molecular weight is 194 g/mol. The number of hydrogen-bond acceptors (Lipinski definition) is 1. The van der Waals surface area contributed by atoms with Crippen molar-refractivity contribution in [3.8, 4) is 0 Å². The van der Waals surface area contributed by atoms with Crippen molar-refractivity contribution >= 4 is 0 Å². The van der Waals surface area contributed by atoms with E-state index in [4.69, 9.17) is 0 Å². The molecule has 14 heavy (non-hydrogen) atoms. The molecule has 1 nitrogen and oxygen atoms in total. The SMILES string of the molecule is CC1=C(O)[C@]2(C)CCCC2C(C)CC1. The molecule has 0 aromatic heterocycles. The van der Waals surface area contributed by atoms with Gasteiger partial charge in [0, 0.05) is 5.41 Å². The zero-order chi connectivity index (χ0) is 10.3. The van der Waals surface area contributed by atoms with Gasteiger partial charge in [0.25, 0.3) is 0 Å². The topological polar surface area (TPSA) is 20.2 Å². The van der Waals surface area contributed by atoms with E-state index in [0.29, 0.717) is 0 Å². The van der Waals surface area contributed by atoms with E-state index in [2.05, 4.69) is 20.8 Å². The lowest BCUT2D eigenvalue weighted by molar-refractivity contribution is 0.144. The van der Waals surface area contributed by atoms with Crippen LogP contribution in [0.4, 0.5) is 0 Å². The maximum absolute atomic E-state index is 10.3. The summed E-state index contributed by atoms with van der Waals surface area (Å²) >= 11 is 0. The van der Waals surface area contributed by atoms with E-state index in [1.54, 1.807) is 0 Å². The fourth-order valence-electron chi connectivity index (χ4n) is 3.65. The molecule has 0 amide bonds. The predicted molar refractivity (Wildman–Crippen MR) is 59.2 cm³/mol. The molecule has 0 spiro atoms. The quantitative estimate of drug-likeness (QED) is 0.616. The Kier molecular flexibility index (Phi) is 2.36. The first-order valence-corrected chi connectivity index (χ1v) is 5.95. The van der Waals surface area contributed by atoms with E-state index in [1.807, 2.05) is 0 Å². The first-order valence-electron chi connectivity index (χ1n) is 5.95. The van der Waals surface area contributed by atoms with Crippen LogP contribution in [0.2, 0.25) is 0 Å². The third-order valence-corrected chi connectivity index (χ3v) is 4.64. The van der Waals surface area contributed by atoms with Gasteiger partial charge in [0.2, 0.25) is 0 Å². The number of allylic oxidation sites excluding steroid dienone is 2. The Morgan fingerprint density at radius 3 is 2.79 bits per heavy atom. The van der Waals surface area contributed by atoms with Gasteiger partial charge in [-0.05, 0) is 50.0 Å². The highest BCUT2D eigenvalue weighted by molar-refractivity contribution is 5.19. The van der Waals surface area contributed by atoms with Gasteiger partial charge in [0.1, 0.15) is 0 Å². The average Bonchev–Trinajstić information content (AvgIpc) is 2.53. The van der Waals surface area contributed by atoms with Gasteiger partial charge in [0.15, 0.2) is 0 Å². The molecular weight excluding hydrogens is 172 g/mol. The van der Waals surface area contributed by atoms with E-state index in [9.17, 15) is 5.11 Å². The Morgan fingerprint density at radius 1 is 1.36 bits per heavy atom. The third-order valence-electron chi connectivity index (χ3n) is 4.64. The van der Waals surface area contributed by atoms with Crippen molar-refractivity contribution in [3.63, 3.8) is 0 Å². The highest BCUT2D eigenvalue weighted by Gasteiger charge is 2.46. The van der Waals surface area contributed by atoms with Crippen LogP contribution in [0.15, 0.2) is 11.3 Å². The van der Waals surface area contributed by atoms with Crippen molar-refractivity contribution in [2.45, 2.75) is 52.9 Å². The Hall–Kier alpha value is -0.460. The van der Waals surface area contributed by atoms with Gasteiger partial charge < -0.3 is 5.11 Å². The largest absolute Gasteiger partial charge is 0.512 e. The summed E-state index contributed by atoms with van der Waals surface area (Å²) in [7, 11) is 0. The molecule has 0 aromatic rings. The molecule has 2 aliphatic carbocycles. The molecule has 2 rings (SSSR count). The summed E-state index contributed by atoms with van der Waals surface area (Å²) in [6.45, 7) is 6.74. The zero-order valence-corrected chi connectivity index (χ0v) is 9.64. The normalized spacial score (nSPS) is 43.6. The second-order valence-corrected chi connectivity index (χ2v) is 5.56. The lowest BCUT2D eigenvalue weighted by Gasteiger charge is -2.33. The van der Waals surface area contributed by atoms with Crippen LogP contribution < -0.4 is 0 Å². The smallest absolute Gasteiger partial charge is 0.0973 e. The van der Waals surface area contributed by atoms with Gasteiger partial charge in [-0.1, -0.05) is 20.3 Å². The Balaban J connectivity index is 2.40. The lowest BCUT2D eigenvalue weighted by Crippen LogP contribution is -2.28. The minimum absolute atomic E-state index is 0.111. The van der Waals surface area contributed by atoms with Crippen LogP contribution >= 0.6 is 0 Å². The molecule has 1 fully saturated rings. The molecule has 0 aliphatic heterocycles. The summed E-state index contributed by atoms with van der Waals surface area (Å²) in [6.07, 6.45) is 6.15. The molecule has 80 valence electrons. The molecule has 0 aromatic carbocycles. The van der Waals surface area contributed by atoms with E-state index in [1.165, 1.54) is 31.3 Å². The van der Waals surface area contributed by atoms with Crippen LogP contribution in [0.1, 0.15) is 52.9 Å². The number of aliphatic hydroxyl groups excluding tert-OH is 1. The van der Waals surface area contributed by atoms with Crippen molar-refractivity contribution in [3.05, 3.63) is 11.3 Å². The predicted octanol–water partition coefficient (Wildman–Crippen LogP) is 4.05. The van der Waals surface area contributed by atoms with Gasteiger partial charge in [0.05, 0.1) is 5.76 Å². The first-order chi connectivity index (χ1) is 6.55. The van der Waals surface area contributed by atoms with E-state index in [0.717, 1.165) is 24.0 Å². The van der Waals surface area contributed by atoms with Crippen LogP contribution in [0.25, 0.3) is 0 Å². The van der Waals surface area contributed by atoms with Crippen molar-refractivity contribution in [1.82, 2.24) is 0 Å². The third kappa shape index (κ3) is 1.29.